The molecule has 0 fully saturated rings. The first-order valence-electron chi connectivity index (χ1n) is 8.62. The molecule has 0 bridgehead atoms. The quantitative estimate of drug-likeness (QED) is 0.578. The lowest BCUT2D eigenvalue weighted by molar-refractivity contribution is 1.09. The molecule has 126 valence electrons. The lowest BCUT2D eigenvalue weighted by Gasteiger charge is -2.04. The van der Waals surface area contributed by atoms with E-state index in [2.05, 4.69) is 62.2 Å². The number of benzene rings is 2. The first-order chi connectivity index (χ1) is 12.7. The van der Waals surface area contributed by atoms with Crippen LogP contribution in [-0.4, -0.2) is 25.6 Å². The van der Waals surface area contributed by atoms with Gasteiger partial charge in [0.2, 0.25) is 0 Å². The van der Waals surface area contributed by atoms with Crippen LogP contribution in [0.3, 0.4) is 0 Å². The Morgan fingerprint density at radius 3 is 2.65 bits per heavy atom. The molecular weight excluding hydrogens is 322 g/mol. The molecule has 2 aromatic carbocycles. The van der Waals surface area contributed by atoms with E-state index in [0.29, 0.717) is 0 Å². The Morgan fingerprint density at radius 2 is 1.77 bits per heavy atom. The highest BCUT2D eigenvalue weighted by atomic mass is 15.0. The predicted octanol–water partition coefficient (Wildman–Crippen LogP) is 4.64. The third kappa shape index (κ3) is 2.49. The maximum Gasteiger partial charge on any atom is 0.157 e. The average molecular weight is 339 g/mol. The number of aliphatic imine (C=N–C) groups is 1. The van der Waals surface area contributed by atoms with Crippen molar-refractivity contribution in [3.8, 4) is 22.6 Å². The molecule has 0 unspecified atom stereocenters. The number of hydrogen-bond donors (Lipinski definition) is 1. The van der Waals surface area contributed by atoms with Gasteiger partial charge in [0.05, 0.1) is 16.7 Å². The van der Waals surface area contributed by atoms with E-state index < -0.39 is 0 Å². The molecule has 0 saturated carbocycles. The molecule has 5 heteroatoms. The van der Waals surface area contributed by atoms with Crippen molar-refractivity contribution in [2.24, 2.45) is 4.99 Å². The highest BCUT2D eigenvalue weighted by Gasteiger charge is 2.13. The highest BCUT2D eigenvalue weighted by molar-refractivity contribution is 5.93. The summed E-state index contributed by atoms with van der Waals surface area (Å²) >= 11 is 0. The van der Waals surface area contributed by atoms with Gasteiger partial charge in [-0.2, -0.15) is 0 Å². The number of nitrogens with one attached hydrogen (secondary N) is 1. The summed E-state index contributed by atoms with van der Waals surface area (Å²) in [4.78, 5) is 21.1. The number of fused-ring (bicyclic) bond motifs is 2. The predicted molar refractivity (Wildman–Crippen MR) is 104 cm³/mol. The molecule has 0 aliphatic carbocycles. The van der Waals surface area contributed by atoms with Crippen molar-refractivity contribution in [1.82, 2.24) is 19.9 Å². The van der Waals surface area contributed by atoms with Crippen molar-refractivity contribution in [3.63, 3.8) is 0 Å². The fourth-order valence-electron chi connectivity index (χ4n) is 3.43. The van der Waals surface area contributed by atoms with Gasteiger partial charge in [0, 0.05) is 17.8 Å². The molecule has 2 aromatic heterocycles. The van der Waals surface area contributed by atoms with Gasteiger partial charge in [-0.3, -0.25) is 4.99 Å². The van der Waals surface area contributed by atoms with Crippen LogP contribution < -0.4 is 0 Å². The monoisotopic (exact) mass is 339 g/mol. The lowest BCUT2D eigenvalue weighted by atomic mass is 10.0. The van der Waals surface area contributed by atoms with Gasteiger partial charge in [-0.25, -0.2) is 15.0 Å². The first-order valence-corrected chi connectivity index (χ1v) is 8.62. The summed E-state index contributed by atoms with van der Waals surface area (Å²) < 4.78 is 0. The summed E-state index contributed by atoms with van der Waals surface area (Å²) in [6, 6.07) is 14.7. The number of rotatable bonds is 2. The Hall–Kier alpha value is -3.34. The summed E-state index contributed by atoms with van der Waals surface area (Å²) in [5.74, 6) is 0.764. The maximum absolute atomic E-state index is 4.66. The van der Waals surface area contributed by atoms with Crippen molar-refractivity contribution >= 4 is 22.4 Å². The Labute approximate surface area is 150 Å². The number of aryl methyl sites for hydroxylation is 1. The smallest absolute Gasteiger partial charge is 0.157 e. The number of aromatic amines is 1. The minimum atomic E-state index is 0.764. The second kappa shape index (κ2) is 5.59. The maximum atomic E-state index is 4.66. The standard InChI is InChI=1S/C21H17N5/c1-12-8-20(23-11-22-12)21-25-18-6-4-15(10-19(18)26-21)14-3-5-17-16(9-14)7-13(2)24-17/h3-6,8-11H,7H2,1-2H3,(H,25,26). The second-order valence-electron chi connectivity index (χ2n) is 6.73. The van der Waals surface area contributed by atoms with E-state index in [1.54, 1.807) is 6.33 Å². The first kappa shape index (κ1) is 15.0. The van der Waals surface area contributed by atoms with Gasteiger partial charge in [-0.15, -0.1) is 0 Å². The molecule has 0 atom stereocenters. The van der Waals surface area contributed by atoms with Crippen molar-refractivity contribution in [2.45, 2.75) is 20.3 Å². The van der Waals surface area contributed by atoms with Crippen LogP contribution in [-0.2, 0) is 6.42 Å². The molecule has 0 saturated heterocycles. The van der Waals surface area contributed by atoms with Crippen LogP contribution >= 0.6 is 0 Å². The summed E-state index contributed by atoms with van der Waals surface area (Å²) in [5, 5.41) is 0. The zero-order valence-corrected chi connectivity index (χ0v) is 14.6. The fraction of sp³-hybridized carbons (Fsp3) is 0.143. The normalized spacial score (nSPS) is 13.1. The molecule has 1 aliphatic rings. The molecule has 0 amide bonds. The van der Waals surface area contributed by atoms with Gasteiger partial charge in [-0.1, -0.05) is 12.1 Å². The minimum Gasteiger partial charge on any atom is -0.337 e. The number of hydrogen-bond acceptors (Lipinski definition) is 4. The van der Waals surface area contributed by atoms with Crippen molar-refractivity contribution in [3.05, 3.63) is 60.0 Å². The molecule has 1 aliphatic heterocycles. The lowest BCUT2D eigenvalue weighted by Crippen LogP contribution is -1.89. The zero-order chi connectivity index (χ0) is 17.7. The fourth-order valence-corrected chi connectivity index (χ4v) is 3.43. The summed E-state index contributed by atoms with van der Waals surface area (Å²) in [6.45, 7) is 4.03. The van der Waals surface area contributed by atoms with Gasteiger partial charge in [0.15, 0.2) is 5.82 Å². The second-order valence-corrected chi connectivity index (χ2v) is 6.73. The van der Waals surface area contributed by atoms with Crippen LogP contribution in [0.2, 0.25) is 0 Å². The van der Waals surface area contributed by atoms with E-state index in [9.17, 15) is 0 Å². The molecule has 1 N–H and O–H groups in total. The van der Waals surface area contributed by atoms with Crippen LogP contribution in [0.1, 0.15) is 18.2 Å². The summed E-state index contributed by atoms with van der Waals surface area (Å²) in [5.41, 5.74) is 9.58. The third-order valence-electron chi connectivity index (χ3n) is 4.70. The van der Waals surface area contributed by atoms with Crippen LogP contribution in [0.25, 0.3) is 33.7 Å². The number of nitrogens with zero attached hydrogens (tertiary/aromatic N) is 4. The van der Waals surface area contributed by atoms with Crippen molar-refractivity contribution in [1.29, 1.82) is 0 Å². The zero-order valence-electron chi connectivity index (χ0n) is 14.6. The van der Waals surface area contributed by atoms with Gasteiger partial charge in [-0.05, 0) is 60.9 Å². The largest absolute Gasteiger partial charge is 0.337 e. The number of aromatic nitrogens is 4. The molecule has 4 aromatic rings. The van der Waals surface area contributed by atoms with Gasteiger partial charge in [0.25, 0.3) is 0 Å². The number of H-pyrrole nitrogens is 1. The van der Waals surface area contributed by atoms with Crippen LogP contribution in [0, 0.1) is 6.92 Å². The van der Waals surface area contributed by atoms with Gasteiger partial charge >= 0.3 is 0 Å². The SMILES string of the molecule is CC1=Nc2ccc(-c3ccc4nc(-c5cc(C)ncn5)[nH]c4c3)cc2C1. The van der Waals surface area contributed by atoms with Crippen LogP contribution in [0.4, 0.5) is 5.69 Å². The molecule has 5 rings (SSSR count). The van der Waals surface area contributed by atoms with Gasteiger partial charge < -0.3 is 4.98 Å². The van der Waals surface area contributed by atoms with Crippen LogP contribution in [0.5, 0.6) is 0 Å². The molecule has 0 radical (unpaired) electrons. The van der Waals surface area contributed by atoms with E-state index in [-0.39, 0.29) is 0 Å². The van der Waals surface area contributed by atoms with E-state index in [4.69, 9.17) is 0 Å². The van der Waals surface area contributed by atoms with E-state index in [0.717, 1.165) is 40.4 Å². The van der Waals surface area contributed by atoms with Crippen molar-refractivity contribution in [2.75, 3.05) is 0 Å². The molecule has 5 nitrogen and oxygen atoms in total. The molecule has 26 heavy (non-hydrogen) atoms. The average Bonchev–Trinajstić information content (AvgIpc) is 3.22. The summed E-state index contributed by atoms with van der Waals surface area (Å²) in [6.07, 6.45) is 2.50. The highest BCUT2D eigenvalue weighted by Crippen LogP contribution is 2.32. The Balaban J connectivity index is 1.56. The Morgan fingerprint density at radius 1 is 0.923 bits per heavy atom. The summed E-state index contributed by atoms with van der Waals surface area (Å²) in [7, 11) is 0. The molecule has 0 spiro atoms. The Kier molecular flexibility index (Phi) is 3.22. The number of imidazole rings is 1. The molecular formula is C21H17N5. The van der Waals surface area contributed by atoms with E-state index >= 15 is 0 Å². The third-order valence-corrected chi connectivity index (χ3v) is 4.70. The van der Waals surface area contributed by atoms with Crippen molar-refractivity contribution < 1.29 is 0 Å². The van der Waals surface area contributed by atoms with E-state index in [1.807, 2.05) is 19.1 Å². The van der Waals surface area contributed by atoms with Crippen LogP contribution in [0.15, 0.2) is 53.8 Å². The van der Waals surface area contributed by atoms with Gasteiger partial charge in [0.1, 0.15) is 12.0 Å². The minimum absolute atomic E-state index is 0.764. The topological polar surface area (TPSA) is 66.8 Å². The molecule has 3 heterocycles. The Bertz CT molecular complexity index is 1190. The van der Waals surface area contributed by atoms with E-state index in [1.165, 1.54) is 22.4 Å².